The van der Waals surface area contributed by atoms with Crippen LogP contribution in [0.3, 0.4) is 0 Å². The minimum Gasteiger partial charge on any atom is -0.482 e. The van der Waals surface area contributed by atoms with Crippen molar-refractivity contribution >= 4 is 30.5 Å². The summed E-state index contributed by atoms with van der Waals surface area (Å²) < 4.78 is 17.0. The molecule has 0 amide bonds. The third-order valence-electron chi connectivity index (χ3n) is 11.7. The Labute approximate surface area is 229 Å². The molecule has 1 aromatic carbocycles. The average Bonchev–Trinajstić information content (AvgIpc) is 2.92. The second-order valence-electron chi connectivity index (χ2n) is 13.1. The van der Waals surface area contributed by atoms with Crippen molar-refractivity contribution in [3.8, 4) is 5.75 Å². The van der Waals surface area contributed by atoms with Crippen LogP contribution in [0.15, 0.2) is 36.0 Å². The van der Waals surface area contributed by atoms with Gasteiger partial charge in [0.05, 0.1) is 12.3 Å². The van der Waals surface area contributed by atoms with E-state index in [0.29, 0.717) is 35.4 Å². The van der Waals surface area contributed by atoms with Crippen LogP contribution in [0.25, 0.3) is 0 Å². The summed E-state index contributed by atoms with van der Waals surface area (Å²) in [5.41, 5.74) is -0.00000177. The molecule has 1 heterocycles. The lowest BCUT2D eigenvalue weighted by molar-refractivity contribution is -0.322. The predicted molar refractivity (Wildman–Crippen MR) is 145 cm³/mol. The minimum atomic E-state index is -1.20. The summed E-state index contributed by atoms with van der Waals surface area (Å²) in [6.45, 7) is 12.4. The molecule has 1 unspecified atom stereocenters. The maximum Gasteiger partial charge on any atom is 0.583 e. The van der Waals surface area contributed by atoms with Crippen LogP contribution in [0.2, 0.25) is 0 Å². The van der Waals surface area contributed by atoms with Crippen molar-refractivity contribution in [1.29, 1.82) is 0 Å². The molecule has 9 heteroatoms. The van der Waals surface area contributed by atoms with Crippen molar-refractivity contribution in [2.45, 2.75) is 65.6 Å². The smallest absolute Gasteiger partial charge is 0.482 e. The van der Waals surface area contributed by atoms with Crippen molar-refractivity contribution in [1.82, 2.24) is 0 Å². The Hall–Kier alpha value is -2.65. The van der Waals surface area contributed by atoms with E-state index in [4.69, 9.17) is 14.2 Å². The summed E-state index contributed by atoms with van der Waals surface area (Å²) >= 11 is 0. The normalized spacial score (nSPS) is 43.7. The van der Waals surface area contributed by atoms with Crippen molar-refractivity contribution in [2.24, 2.45) is 51.0 Å². The number of ether oxygens (including phenoxy) is 2. The Morgan fingerprint density at radius 2 is 2.10 bits per heavy atom. The van der Waals surface area contributed by atoms with E-state index in [1.807, 2.05) is 13.0 Å². The lowest BCUT2D eigenvalue weighted by Gasteiger charge is -2.78. The molecule has 7 rings (SSSR count). The lowest BCUT2D eigenvalue weighted by atomic mass is 9.25. The van der Waals surface area contributed by atoms with Gasteiger partial charge in [-0.25, -0.2) is 4.79 Å². The Balaban J connectivity index is 1.29. The number of hydrogen-bond acceptors (Lipinski definition) is 8. The minimum absolute atomic E-state index is 0.0139. The first-order chi connectivity index (χ1) is 18.5. The van der Waals surface area contributed by atoms with Gasteiger partial charge in [-0.05, 0) is 72.1 Å². The van der Waals surface area contributed by atoms with Gasteiger partial charge in [0.15, 0.2) is 6.61 Å². The number of rotatable bonds is 5. The summed E-state index contributed by atoms with van der Waals surface area (Å²) in [6, 6.07) is 5.07. The molecule has 0 saturated heterocycles. The second-order valence-corrected chi connectivity index (χ2v) is 13.1. The number of hydrogen-bond donors (Lipinski definition) is 2. The van der Waals surface area contributed by atoms with Gasteiger partial charge in [-0.15, -0.1) is 11.7 Å². The van der Waals surface area contributed by atoms with Crippen molar-refractivity contribution in [3.05, 3.63) is 36.4 Å². The Morgan fingerprint density at radius 1 is 1.33 bits per heavy atom. The highest BCUT2D eigenvalue weighted by molar-refractivity contribution is 6.62. The molecule has 10 atom stereocenters. The Morgan fingerprint density at radius 3 is 2.85 bits per heavy atom. The number of Topliss-reactive ketones (excluding diaryl/α,β-unsaturated/α-hetero) is 1. The fourth-order valence-electron chi connectivity index (χ4n) is 9.40. The number of carbonyl (C=O) groups is 2. The second kappa shape index (κ2) is 8.93. The first-order valence-electron chi connectivity index (χ1n) is 14.1. The van der Waals surface area contributed by atoms with Gasteiger partial charge in [-0.2, -0.15) is 0 Å². The van der Waals surface area contributed by atoms with Crippen molar-refractivity contribution in [2.75, 3.05) is 6.61 Å². The van der Waals surface area contributed by atoms with Crippen LogP contribution < -0.4 is 10.2 Å². The first kappa shape index (κ1) is 26.6. The number of carbonyl (C=O) groups excluding carboxylic acids is 2. The van der Waals surface area contributed by atoms with E-state index in [1.165, 1.54) is 6.21 Å². The molecule has 5 aliphatic carbocycles. The molecule has 2 N–H and O–H groups in total. The molecule has 39 heavy (non-hydrogen) atoms. The molecule has 0 radical (unpaired) electrons. The summed E-state index contributed by atoms with van der Waals surface area (Å²) in [6.07, 6.45) is 4.83. The molecule has 6 aliphatic rings. The van der Waals surface area contributed by atoms with Gasteiger partial charge in [0.2, 0.25) is 0 Å². The van der Waals surface area contributed by atoms with E-state index >= 15 is 0 Å². The number of esters is 1. The fraction of sp³-hybridized carbons (Fsp3) is 0.633. The zero-order chi connectivity index (χ0) is 27.9. The number of aliphatic hydroxyl groups is 1. The van der Waals surface area contributed by atoms with E-state index in [1.54, 1.807) is 18.2 Å². The van der Waals surface area contributed by atoms with Gasteiger partial charge in [0.1, 0.15) is 17.6 Å². The highest BCUT2D eigenvalue weighted by atomic mass is 16.6. The van der Waals surface area contributed by atoms with Crippen LogP contribution in [-0.2, 0) is 19.1 Å². The molecule has 1 aliphatic heterocycles. The average molecular weight is 535 g/mol. The highest BCUT2D eigenvalue weighted by Gasteiger charge is 2.79. The molecule has 1 aromatic rings. The van der Waals surface area contributed by atoms with Crippen molar-refractivity contribution < 1.29 is 33.9 Å². The number of benzene rings is 1. The number of nitrogens with zero attached hydrogens (tertiary/aromatic N) is 1. The van der Waals surface area contributed by atoms with E-state index in [-0.39, 0.29) is 41.6 Å². The zero-order valence-corrected chi connectivity index (χ0v) is 23.1. The monoisotopic (exact) mass is 535 g/mol. The summed E-state index contributed by atoms with van der Waals surface area (Å²) in [7, 11) is -1.20. The standard InChI is InChI=1S/C30H38BNO7/c1-6-28(4)13-23(38-24(34)15-37-19-8-7-18-14-32-39-31(36)21(18)12-19)29(5)16(2)11-20-25-22(33)9-10-30(20,26(25)29)17(3)27(28)35/h6-8,12,14,16-17,20,23,25-27,35-36H,1,9-11,13,15H2,2-5H3/t16-,17+,20+,23-,25?,26+,27+,28-,29+,30+/m1/s1. The highest BCUT2D eigenvalue weighted by Crippen LogP contribution is 2.79. The summed E-state index contributed by atoms with van der Waals surface area (Å²) in [5, 5.41) is 25.4. The third kappa shape index (κ3) is 3.54. The largest absolute Gasteiger partial charge is 0.583 e. The molecule has 5 bridgehead atoms. The number of oxime groups is 1. The van der Waals surface area contributed by atoms with Gasteiger partial charge in [0, 0.05) is 28.6 Å². The molecule has 8 nitrogen and oxygen atoms in total. The number of aliphatic hydroxyl groups excluding tert-OH is 1. The molecule has 5 saturated carbocycles. The van der Waals surface area contributed by atoms with E-state index in [9.17, 15) is 19.7 Å². The van der Waals surface area contributed by atoms with Crippen LogP contribution in [0, 0.1) is 45.8 Å². The maximum absolute atomic E-state index is 13.3. The van der Waals surface area contributed by atoms with Gasteiger partial charge in [-0.1, -0.05) is 33.8 Å². The zero-order valence-electron chi connectivity index (χ0n) is 23.1. The molecule has 1 spiro atoms. The fourth-order valence-corrected chi connectivity index (χ4v) is 9.40. The first-order valence-corrected chi connectivity index (χ1v) is 14.1. The van der Waals surface area contributed by atoms with Crippen LogP contribution in [0.4, 0.5) is 0 Å². The number of ketones is 1. The van der Waals surface area contributed by atoms with Crippen molar-refractivity contribution in [3.63, 3.8) is 0 Å². The SMILES string of the molecule is C=C[C@]1(C)C[C@@H](OC(=O)COc2ccc3c(c2)B(O)ON=C3)[C@]2(C)[C@H](C)C[C@H]3C4C(=O)CC[C@@]3([C@@H](C)[C@@H]1O)[C@@H]42. The van der Waals surface area contributed by atoms with Crippen LogP contribution in [-0.4, -0.2) is 54.0 Å². The third-order valence-corrected chi connectivity index (χ3v) is 11.7. The van der Waals surface area contributed by atoms with Gasteiger partial charge in [-0.3, -0.25) is 4.79 Å². The molecule has 0 aromatic heterocycles. The van der Waals surface area contributed by atoms with Crippen LogP contribution >= 0.6 is 0 Å². The predicted octanol–water partition coefficient (Wildman–Crippen LogP) is 2.88. The van der Waals surface area contributed by atoms with Crippen LogP contribution in [0.1, 0.15) is 58.9 Å². The summed E-state index contributed by atoms with van der Waals surface area (Å²) in [5.74, 6) is 0.814. The van der Waals surface area contributed by atoms with Gasteiger partial charge in [0.25, 0.3) is 0 Å². The molecular formula is C30H38BNO7. The van der Waals surface area contributed by atoms with E-state index < -0.39 is 36.1 Å². The topological polar surface area (TPSA) is 115 Å². The lowest BCUT2D eigenvalue weighted by Crippen LogP contribution is -2.78. The maximum atomic E-state index is 13.3. The number of fused-ring (bicyclic) bond motifs is 2. The van der Waals surface area contributed by atoms with Crippen LogP contribution in [0.5, 0.6) is 5.75 Å². The van der Waals surface area contributed by atoms with E-state index in [2.05, 4.69) is 32.5 Å². The van der Waals surface area contributed by atoms with Gasteiger partial charge < -0.3 is 24.4 Å². The molecule has 208 valence electrons. The summed E-state index contributed by atoms with van der Waals surface area (Å²) in [4.78, 5) is 26.5. The quantitative estimate of drug-likeness (QED) is 0.339. The molecular weight excluding hydrogens is 497 g/mol. The Kier molecular flexibility index (Phi) is 6.08. The van der Waals surface area contributed by atoms with Gasteiger partial charge >= 0.3 is 13.1 Å². The van der Waals surface area contributed by atoms with E-state index in [0.717, 1.165) is 12.8 Å². The Bertz CT molecular complexity index is 1250. The molecule has 5 fully saturated rings.